The van der Waals surface area contributed by atoms with Crippen LogP contribution < -0.4 is 10.2 Å². The van der Waals surface area contributed by atoms with E-state index >= 15 is 0 Å². The van der Waals surface area contributed by atoms with Crippen molar-refractivity contribution in [3.8, 4) is 0 Å². The van der Waals surface area contributed by atoms with Gasteiger partial charge in [0, 0.05) is 38.3 Å². The van der Waals surface area contributed by atoms with Gasteiger partial charge in [-0.3, -0.25) is 14.9 Å². The quantitative estimate of drug-likeness (QED) is 0.842. The Kier molecular flexibility index (Phi) is 4.94. The Balaban J connectivity index is 1.64. The summed E-state index contributed by atoms with van der Waals surface area (Å²) in [5.74, 6) is 0.358. The largest absolute Gasteiger partial charge is 0.378 e. The summed E-state index contributed by atoms with van der Waals surface area (Å²) in [5, 5.41) is 9.26. The molecule has 0 saturated carbocycles. The number of nitrogens with one attached hydrogen (secondary N) is 2. The molecule has 2 N–H and O–H groups in total. The third-order valence-electron chi connectivity index (χ3n) is 3.80. The molecule has 1 aromatic carbocycles. The van der Waals surface area contributed by atoms with Crippen LogP contribution in [0.25, 0.3) is 0 Å². The predicted molar refractivity (Wildman–Crippen MR) is 91.8 cm³/mol. The van der Waals surface area contributed by atoms with Gasteiger partial charge in [0.2, 0.25) is 11.9 Å². The standard InChI is InChI=1S/C16H20N6O3/c1-21(2)16-18-15(19-20-16)17-13(23)11-3-5-12(6-4-11)14(24)22-7-9-25-10-8-22/h3-6H,7-10H2,1-2H3,(H2,17,18,19,20,23). The molecule has 1 aliphatic rings. The summed E-state index contributed by atoms with van der Waals surface area (Å²) >= 11 is 0. The van der Waals surface area contributed by atoms with Crippen LogP contribution in [-0.4, -0.2) is 72.3 Å². The summed E-state index contributed by atoms with van der Waals surface area (Å²) in [4.78, 5) is 32.2. The monoisotopic (exact) mass is 344 g/mol. The lowest BCUT2D eigenvalue weighted by Gasteiger charge is -2.26. The van der Waals surface area contributed by atoms with Gasteiger partial charge in [0.15, 0.2) is 0 Å². The number of carbonyl (C=O) groups excluding carboxylic acids is 2. The Morgan fingerprint density at radius 3 is 2.40 bits per heavy atom. The first-order valence-corrected chi connectivity index (χ1v) is 7.93. The topological polar surface area (TPSA) is 103 Å². The number of H-pyrrole nitrogens is 1. The minimum atomic E-state index is -0.327. The highest BCUT2D eigenvalue weighted by Crippen LogP contribution is 2.12. The van der Waals surface area contributed by atoms with Gasteiger partial charge in [-0.05, 0) is 24.3 Å². The van der Waals surface area contributed by atoms with Crippen molar-refractivity contribution >= 4 is 23.7 Å². The van der Waals surface area contributed by atoms with Crippen molar-refractivity contribution in [1.82, 2.24) is 20.1 Å². The molecule has 0 atom stereocenters. The molecule has 1 saturated heterocycles. The number of ether oxygens (including phenoxy) is 1. The van der Waals surface area contributed by atoms with E-state index < -0.39 is 0 Å². The number of rotatable bonds is 4. The highest BCUT2D eigenvalue weighted by Gasteiger charge is 2.19. The van der Waals surface area contributed by atoms with E-state index in [9.17, 15) is 9.59 Å². The highest BCUT2D eigenvalue weighted by molar-refractivity contribution is 6.04. The van der Waals surface area contributed by atoms with E-state index in [1.165, 1.54) is 0 Å². The van der Waals surface area contributed by atoms with E-state index in [4.69, 9.17) is 4.74 Å². The minimum absolute atomic E-state index is 0.0545. The molecular weight excluding hydrogens is 324 g/mol. The minimum Gasteiger partial charge on any atom is -0.378 e. The molecule has 2 amide bonds. The zero-order valence-corrected chi connectivity index (χ0v) is 14.2. The SMILES string of the molecule is CN(C)c1n[nH]c(NC(=O)c2ccc(C(=O)N3CCOCC3)cc2)n1. The zero-order valence-electron chi connectivity index (χ0n) is 14.2. The molecule has 0 radical (unpaired) electrons. The molecule has 132 valence electrons. The van der Waals surface area contributed by atoms with Crippen molar-refractivity contribution in [2.45, 2.75) is 0 Å². The van der Waals surface area contributed by atoms with Crippen LogP contribution in [-0.2, 0) is 4.74 Å². The number of morpholine rings is 1. The van der Waals surface area contributed by atoms with E-state index in [0.29, 0.717) is 43.4 Å². The van der Waals surface area contributed by atoms with Crippen LogP contribution >= 0.6 is 0 Å². The summed E-state index contributed by atoms with van der Waals surface area (Å²) in [7, 11) is 3.61. The predicted octanol–water partition coefficient (Wildman–Crippen LogP) is 0.595. The number of nitrogens with zero attached hydrogens (tertiary/aromatic N) is 4. The van der Waals surface area contributed by atoms with Crippen LogP contribution in [0.5, 0.6) is 0 Å². The number of aromatic amines is 1. The molecule has 0 unspecified atom stereocenters. The smallest absolute Gasteiger partial charge is 0.258 e. The number of carbonyl (C=O) groups is 2. The average Bonchev–Trinajstić information content (AvgIpc) is 3.11. The van der Waals surface area contributed by atoms with Gasteiger partial charge in [0.25, 0.3) is 11.8 Å². The van der Waals surface area contributed by atoms with E-state index in [2.05, 4.69) is 20.5 Å². The Hall–Kier alpha value is -2.94. The van der Waals surface area contributed by atoms with E-state index in [-0.39, 0.29) is 17.8 Å². The molecule has 0 aliphatic carbocycles. The van der Waals surface area contributed by atoms with Gasteiger partial charge < -0.3 is 14.5 Å². The molecule has 9 heteroatoms. The lowest BCUT2D eigenvalue weighted by atomic mass is 10.1. The van der Waals surface area contributed by atoms with Gasteiger partial charge in [-0.2, -0.15) is 4.98 Å². The Morgan fingerprint density at radius 2 is 1.80 bits per heavy atom. The van der Waals surface area contributed by atoms with Crippen molar-refractivity contribution < 1.29 is 14.3 Å². The van der Waals surface area contributed by atoms with Crippen LogP contribution in [0, 0.1) is 0 Å². The number of aromatic nitrogens is 3. The fraction of sp³-hybridized carbons (Fsp3) is 0.375. The maximum absolute atomic E-state index is 12.4. The van der Waals surface area contributed by atoms with Crippen LogP contribution in [0.2, 0.25) is 0 Å². The molecule has 1 aromatic heterocycles. The van der Waals surface area contributed by atoms with Crippen LogP contribution in [0.4, 0.5) is 11.9 Å². The molecule has 25 heavy (non-hydrogen) atoms. The highest BCUT2D eigenvalue weighted by atomic mass is 16.5. The molecule has 0 bridgehead atoms. The number of anilines is 2. The molecule has 0 spiro atoms. The molecule has 1 fully saturated rings. The van der Waals surface area contributed by atoms with Crippen molar-refractivity contribution in [2.24, 2.45) is 0 Å². The maximum Gasteiger partial charge on any atom is 0.258 e. The Morgan fingerprint density at radius 1 is 1.16 bits per heavy atom. The lowest BCUT2D eigenvalue weighted by Crippen LogP contribution is -2.40. The number of hydrogen-bond donors (Lipinski definition) is 2. The van der Waals surface area contributed by atoms with E-state index in [1.54, 1.807) is 48.2 Å². The third-order valence-corrected chi connectivity index (χ3v) is 3.80. The van der Waals surface area contributed by atoms with Crippen molar-refractivity contribution in [3.05, 3.63) is 35.4 Å². The summed E-state index contributed by atoms with van der Waals surface area (Å²) < 4.78 is 5.25. The molecule has 3 rings (SSSR count). The van der Waals surface area contributed by atoms with Gasteiger partial charge in [-0.25, -0.2) is 5.10 Å². The lowest BCUT2D eigenvalue weighted by molar-refractivity contribution is 0.0303. The molecule has 9 nitrogen and oxygen atoms in total. The fourth-order valence-corrected chi connectivity index (χ4v) is 2.40. The second-order valence-corrected chi connectivity index (χ2v) is 5.81. The maximum atomic E-state index is 12.4. The molecule has 2 aromatic rings. The van der Waals surface area contributed by atoms with Crippen molar-refractivity contribution in [3.63, 3.8) is 0 Å². The number of amides is 2. The Bertz CT molecular complexity index is 749. The van der Waals surface area contributed by atoms with Gasteiger partial charge in [0.1, 0.15) is 0 Å². The molecule has 1 aliphatic heterocycles. The zero-order chi connectivity index (χ0) is 17.8. The van der Waals surface area contributed by atoms with E-state index in [0.717, 1.165) is 0 Å². The normalized spacial score (nSPS) is 14.2. The van der Waals surface area contributed by atoms with Gasteiger partial charge in [-0.15, -0.1) is 5.10 Å². The second-order valence-electron chi connectivity index (χ2n) is 5.81. The Labute approximate surface area is 145 Å². The second kappa shape index (κ2) is 7.31. The summed E-state index contributed by atoms with van der Waals surface area (Å²) in [6, 6.07) is 6.54. The molecule has 2 heterocycles. The van der Waals surface area contributed by atoms with Gasteiger partial charge in [-0.1, -0.05) is 0 Å². The van der Waals surface area contributed by atoms with Crippen molar-refractivity contribution in [1.29, 1.82) is 0 Å². The molecular formula is C16H20N6O3. The summed E-state index contributed by atoms with van der Waals surface area (Å²) in [6.07, 6.45) is 0. The van der Waals surface area contributed by atoms with Crippen LogP contribution in [0.3, 0.4) is 0 Å². The average molecular weight is 344 g/mol. The van der Waals surface area contributed by atoms with E-state index in [1.807, 2.05) is 0 Å². The summed E-state index contributed by atoms with van der Waals surface area (Å²) in [6.45, 7) is 2.28. The van der Waals surface area contributed by atoms with Crippen molar-refractivity contribution in [2.75, 3.05) is 50.6 Å². The third kappa shape index (κ3) is 3.94. The summed E-state index contributed by atoms with van der Waals surface area (Å²) in [5.41, 5.74) is 0.981. The van der Waals surface area contributed by atoms with Crippen LogP contribution in [0.15, 0.2) is 24.3 Å². The first-order valence-electron chi connectivity index (χ1n) is 7.93. The first-order chi connectivity index (χ1) is 12.0. The number of hydrogen-bond acceptors (Lipinski definition) is 6. The van der Waals surface area contributed by atoms with Gasteiger partial charge in [0.05, 0.1) is 13.2 Å². The fourth-order valence-electron chi connectivity index (χ4n) is 2.40. The van der Waals surface area contributed by atoms with Crippen LogP contribution in [0.1, 0.15) is 20.7 Å². The first kappa shape index (κ1) is 16.9. The van der Waals surface area contributed by atoms with Gasteiger partial charge >= 0.3 is 0 Å². The number of benzene rings is 1.